The summed E-state index contributed by atoms with van der Waals surface area (Å²) in [4.78, 5) is 30.9. The SMILES string of the molecule is COC(=O)c1ccc(NC2c3ncccc3C(=O)N2Cc2ccc(OC)cc2)cc1. The fourth-order valence-corrected chi connectivity index (χ4v) is 3.45. The molecular weight excluding hydrogens is 382 g/mol. The van der Waals surface area contributed by atoms with Crippen LogP contribution in [0, 0.1) is 0 Å². The van der Waals surface area contributed by atoms with Gasteiger partial charge in [0.05, 0.1) is 31.0 Å². The number of aromatic nitrogens is 1. The van der Waals surface area contributed by atoms with Crippen molar-refractivity contribution in [3.63, 3.8) is 0 Å². The van der Waals surface area contributed by atoms with Gasteiger partial charge < -0.3 is 19.7 Å². The lowest BCUT2D eigenvalue weighted by molar-refractivity contribution is 0.0600. The van der Waals surface area contributed by atoms with Crippen molar-refractivity contribution >= 4 is 17.6 Å². The maximum Gasteiger partial charge on any atom is 0.337 e. The van der Waals surface area contributed by atoms with Crippen LogP contribution in [0.5, 0.6) is 5.75 Å². The van der Waals surface area contributed by atoms with Crippen LogP contribution in [-0.2, 0) is 11.3 Å². The molecule has 0 spiro atoms. The Bertz CT molecular complexity index is 1060. The standard InChI is InChI=1S/C23H21N3O4/c1-29-18-11-5-15(6-12-18)14-26-21(20-19(22(26)27)4-3-13-24-20)25-17-9-7-16(8-10-17)23(28)30-2/h3-13,21,25H,14H2,1-2H3. The number of hydrogen-bond donors (Lipinski definition) is 1. The molecule has 2 aromatic carbocycles. The predicted octanol–water partition coefficient (Wildman–Crippen LogP) is 3.64. The van der Waals surface area contributed by atoms with Crippen molar-refractivity contribution in [3.05, 3.63) is 89.2 Å². The average molecular weight is 403 g/mol. The molecule has 0 fully saturated rings. The Labute approximate surface area is 174 Å². The highest BCUT2D eigenvalue weighted by Crippen LogP contribution is 2.34. The van der Waals surface area contributed by atoms with Gasteiger partial charge in [-0.2, -0.15) is 0 Å². The van der Waals surface area contributed by atoms with Crippen molar-refractivity contribution in [2.24, 2.45) is 0 Å². The number of benzene rings is 2. The third kappa shape index (κ3) is 3.69. The van der Waals surface area contributed by atoms with Gasteiger partial charge in [0.2, 0.25) is 0 Å². The molecule has 0 radical (unpaired) electrons. The molecule has 1 aromatic heterocycles. The van der Waals surface area contributed by atoms with Crippen LogP contribution in [0.2, 0.25) is 0 Å². The largest absolute Gasteiger partial charge is 0.497 e. The number of methoxy groups -OCH3 is 2. The summed E-state index contributed by atoms with van der Waals surface area (Å²) in [6.07, 6.45) is 1.25. The maximum absolute atomic E-state index is 13.1. The molecule has 7 heteroatoms. The zero-order valence-corrected chi connectivity index (χ0v) is 16.7. The monoisotopic (exact) mass is 403 g/mol. The van der Waals surface area contributed by atoms with Gasteiger partial charge in [-0.05, 0) is 54.1 Å². The molecule has 0 saturated heterocycles. The van der Waals surface area contributed by atoms with E-state index in [0.29, 0.717) is 23.4 Å². The highest BCUT2D eigenvalue weighted by atomic mass is 16.5. The van der Waals surface area contributed by atoms with Gasteiger partial charge in [-0.25, -0.2) is 4.79 Å². The predicted molar refractivity (Wildman–Crippen MR) is 111 cm³/mol. The van der Waals surface area contributed by atoms with Crippen molar-refractivity contribution in [2.45, 2.75) is 12.7 Å². The van der Waals surface area contributed by atoms with Gasteiger partial charge in [0.1, 0.15) is 11.9 Å². The molecule has 152 valence electrons. The Morgan fingerprint density at radius 3 is 2.47 bits per heavy atom. The van der Waals surface area contributed by atoms with E-state index in [1.54, 1.807) is 54.6 Å². The molecule has 0 bridgehead atoms. The van der Waals surface area contributed by atoms with Gasteiger partial charge in [-0.1, -0.05) is 12.1 Å². The molecule has 2 heterocycles. The van der Waals surface area contributed by atoms with Crippen molar-refractivity contribution in [1.82, 2.24) is 9.88 Å². The zero-order valence-electron chi connectivity index (χ0n) is 16.7. The number of fused-ring (bicyclic) bond motifs is 1. The quantitative estimate of drug-likeness (QED) is 0.633. The Morgan fingerprint density at radius 2 is 1.80 bits per heavy atom. The summed E-state index contributed by atoms with van der Waals surface area (Å²) in [6, 6.07) is 18.1. The van der Waals surface area contributed by atoms with E-state index in [2.05, 4.69) is 10.3 Å². The third-order valence-corrected chi connectivity index (χ3v) is 5.02. The van der Waals surface area contributed by atoms with E-state index in [-0.39, 0.29) is 5.91 Å². The molecule has 4 rings (SSSR count). The highest BCUT2D eigenvalue weighted by Gasteiger charge is 2.37. The lowest BCUT2D eigenvalue weighted by Crippen LogP contribution is -2.32. The number of carbonyl (C=O) groups excluding carboxylic acids is 2. The average Bonchev–Trinajstić information content (AvgIpc) is 3.05. The number of pyridine rings is 1. The van der Waals surface area contributed by atoms with E-state index in [1.807, 2.05) is 24.3 Å². The number of carbonyl (C=O) groups is 2. The molecule has 1 atom stereocenters. The van der Waals surface area contributed by atoms with Gasteiger partial charge in [-0.15, -0.1) is 0 Å². The van der Waals surface area contributed by atoms with E-state index >= 15 is 0 Å². The van der Waals surface area contributed by atoms with Gasteiger partial charge >= 0.3 is 5.97 Å². The number of ether oxygens (including phenoxy) is 2. The van der Waals surface area contributed by atoms with Crippen LogP contribution in [0.3, 0.4) is 0 Å². The number of hydrogen-bond acceptors (Lipinski definition) is 6. The van der Waals surface area contributed by atoms with E-state index in [4.69, 9.17) is 9.47 Å². The smallest absolute Gasteiger partial charge is 0.337 e. The molecule has 1 aliphatic heterocycles. The first kappa shape index (κ1) is 19.4. The zero-order chi connectivity index (χ0) is 21.1. The maximum atomic E-state index is 13.1. The second kappa shape index (κ2) is 8.24. The summed E-state index contributed by atoms with van der Waals surface area (Å²) in [6.45, 7) is 0.414. The Balaban J connectivity index is 1.61. The number of nitrogens with zero attached hydrogens (tertiary/aromatic N) is 2. The first-order valence-corrected chi connectivity index (χ1v) is 9.44. The minimum absolute atomic E-state index is 0.0856. The van der Waals surface area contributed by atoms with E-state index in [9.17, 15) is 9.59 Å². The first-order valence-electron chi connectivity index (χ1n) is 9.44. The van der Waals surface area contributed by atoms with Crippen LogP contribution >= 0.6 is 0 Å². The van der Waals surface area contributed by atoms with Crippen LogP contribution < -0.4 is 10.1 Å². The summed E-state index contributed by atoms with van der Waals surface area (Å²) in [5.74, 6) is 0.278. The van der Waals surface area contributed by atoms with Crippen LogP contribution in [0.15, 0.2) is 66.9 Å². The van der Waals surface area contributed by atoms with Crippen LogP contribution in [0.4, 0.5) is 5.69 Å². The van der Waals surface area contributed by atoms with Crippen molar-refractivity contribution in [1.29, 1.82) is 0 Å². The summed E-state index contributed by atoms with van der Waals surface area (Å²) in [5, 5.41) is 3.37. The van der Waals surface area contributed by atoms with E-state index in [1.165, 1.54) is 7.11 Å². The molecular formula is C23H21N3O4. The second-order valence-corrected chi connectivity index (χ2v) is 6.83. The summed E-state index contributed by atoms with van der Waals surface area (Å²) in [5.41, 5.74) is 3.45. The third-order valence-electron chi connectivity index (χ3n) is 5.02. The Morgan fingerprint density at radius 1 is 1.07 bits per heavy atom. The Kier molecular flexibility index (Phi) is 5.34. The molecule has 3 aromatic rings. The van der Waals surface area contributed by atoms with E-state index < -0.39 is 12.1 Å². The fraction of sp³-hybridized carbons (Fsp3) is 0.174. The number of amides is 1. The normalized spacial score (nSPS) is 14.9. The van der Waals surface area contributed by atoms with Crippen LogP contribution in [-0.4, -0.2) is 36.0 Å². The van der Waals surface area contributed by atoms with E-state index in [0.717, 1.165) is 17.0 Å². The van der Waals surface area contributed by atoms with Gasteiger partial charge in [0.25, 0.3) is 5.91 Å². The number of nitrogens with one attached hydrogen (secondary N) is 1. The molecule has 30 heavy (non-hydrogen) atoms. The van der Waals surface area contributed by atoms with Crippen molar-refractivity contribution in [3.8, 4) is 5.75 Å². The molecule has 0 aliphatic carbocycles. The Hall–Kier alpha value is -3.87. The van der Waals surface area contributed by atoms with Crippen molar-refractivity contribution < 1.29 is 19.1 Å². The van der Waals surface area contributed by atoms with Gasteiger partial charge in [0, 0.05) is 18.4 Å². The van der Waals surface area contributed by atoms with Crippen LogP contribution in [0.1, 0.15) is 38.1 Å². The summed E-state index contributed by atoms with van der Waals surface area (Å²) in [7, 11) is 2.96. The number of anilines is 1. The van der Waals surface area contributed by atoms with Gasteiger partial charge in [0.15, 0.2) is 0 Å². The lowest BCUT2D eigenvalue weighted by atomic mass is 10.2. The number of esters is 1. The van der Waals surface area contributed by atoms with Gasteiger partial charge in [-0.3, -0.25) is 9.78 Å². The minimum Gasteiger partial charge on any atom is -0.497 e. The molecule has 1 aliphatic rings. The molecule has 0 saturated carbocycles. The lowest BCUT2D eigenvalue weighted by Gasteiger charge is -2.26. The molecule has 1 amide bonds. The topological polar surface area (TPSA) is 80.8 Å². The summed E-state index contributed by atoms with van der Waals surface area (Å²) < 4.78 is 9.95. The van der Waals surface area contributed by atoms with Crippen molar-refractivity contribution in [2.75, 3.05) is 19.5 Å². The second-order valence-electron chi connectivity index (χ2n) is 6.83. The highest BCUT2D eigenvalue weighted by molar-refractivity contribution is 5.99. The summed E-state index contributed by atoms with van der Waals surface area (Å²) >= 11 is 0. The molecule has 1 unspecified atom stereocenters. The molecule has 1 N–H and O–H groups in total. The minimum atomic E-state index is -0.431. The number of rotatable bonds is 6. The first-order chi connectivity index (χ1) is 14.6. The fourth-order valence-electron chi connectivity index (χ4n) is 3.45. The molecule has 7 nitrogen and oxygen atoms in total. The van der Waals surface area contributed by atoms with Crippen LogP contribution in [0.25, 0.3) is 0 Å².